The molecule has 30 heavy (non-hydrogen) atoms. The van der Waals surface area contributed by atoms with Crippen molar-refractivity contribution in [2.45, 2.75) is 30.5 Å². The van der Waals surface area contributed by atoms with Gasteiger partial charge in [-0.25, -0.2) is 13.4 Å². The molecule has 0 aliphatic rings. The monoisotopic (exact) mass is 439 g/mol. The summed E-state index contributed by atoms with van der Waals surface area (Å²) in [5.74, 6) is -0.298. The molecule has 2 aromatic heterocycles. The second kappa shape index (κ2) is 8.41. The average Bonchev–Trinajstić information content (AvgIpc) is 3.38. The molecule has 154 valence electrons. The van der Waals surface area contributed by atoms with Crippen LogP contribution in [0.25, 0.3) is 10.9 Å². The Morgan fingerprint density at radius 3 is 2.63 bits per heavy atom. The summed E-state index contributed by atoms with van der Waals surface area (Å²) in [6, 6.07) is 14.4. The van der Waals surface area contributed by atoms with E-state index in [1.54, 1.807) is 23.7 Å². The summed E-state index contributed by atoms with van der Waals surface area (Å²) in [5, 5.41) is 6.25. The fourth-order valence-electron chi connectivity index (χ4n) is 3.43. The van der Waals surface area contributed by atoms with Gasteiger partial charge in [0.05, 0.1) is 10.4 Å². The van der Waals surface area contributed by atoms with Gasteiger partial charge in [0.1, 0.15) is 17.3 Å². The smallest absolute Gasteiger partial charge is 0.244 e. The number of amides is 1. The largest absolute Gasteiger partial charge is 0.338 e. The van der Waals surface area contributed by atoms with Crippen molar-refractivity contribution in [3.05, 3.63) is 76.9 Å². The number of nitrogens with zero attached hydrogens (tertiary/aromatic N) is 2. The maximum atomic E-state index is 12.6. The minimum absolute atomic E-state index is 0.128. The average molecular weight is 440 g/mol. The van der Waals surface area contributed by atoms with Crippen molar-refractivity contribution in [3.8, 4) is 0 Å². The molecule has 4 rings (SSSR count). The highest BCUT2D eigenvalue weighted by atomic mass is 32.2. The normalized spacial score (nSPS) is 11.6. The van der Waals surface area contributed by atoms with Crippen LogP contribution >= 0.6 is 11.3 Å². The van der Waals surface area contributed by atoms with Crippen molar-refractivity contribution in [3.63, 3.8) is 0 Å². The number of carbonyl (C=O) groups is 1. The lowest BCUT2D eigenvalue weighted by Gasteiger charge is -2.10. The van der Waals surface area contributed by atoms with Crippen LogP contribution in [0, 0.1) is 0 Å². The summed E-state index contributed by atoms with van der Waals surface area (Å²) in [4.78, 5) is 16.8. The molecule has 0 saturated carbocycles. The zero-order valence-corrected chi connectivity index (χ0v) is 18.0. The van der Waals surface area contributed by atoms with E-state index >= 15 is 0 Å². The Balaban J connectivity index is 1.46. The molecule has 0 aliphatic carbocycles. The summed E-state index contributed by atoms with van der Waals surface area (Å²) in [7, 11) is -3.47. The van der Waals surface area contributed by atoms with Crippen LogP contribution in [0.5, 0.6) is 0 Å². The van der Waals surface area contributed by atoms with E-state index in [0.29, 0.717) is 10.7 Å². The summed E-state index contributed by atoms with van der Waals surface area (Å²) < 4.78 is 27.0. The van der Waals surface area contributed by atoms with E-state index in [1.807, 2.05) is 29.0 Å². The molecule has 0 fully saturated rings. The van der Waals surface area contributed by atoms with E-state index in [0.717, 1.165) is 17.3 Å². The lowest BCUT2D eigenvalue weighted by Crippen LogP contribution is -2.18. The summed E-state index contributed by atoms with van der Waals surface area (Å²) in [6.45, 7) is 2.28. The van der Waals surface area contributed by atoms with Gasteiger partial charge in [0.15, 0.2) is 9.84 Å². The highest BCUT2D eigenvalue weighted by molar-refractivity contribution is 7.90. The van der Waals surface area contributed by atoms with Gasteiger partial charge in [0.2, 0.25) is 5.91 Å². The first kappa shape index (κ1) is 20.3. The Bertz CT molecular complexity index is 1280. The second-order valence-corrected chi connectivity index (χ2v) is 9.88. The fourth-order valence-corrected chi connectivity index (χ4v) is 5.68. The standard InChI is InChI=1S/C22H21N3O3S2/c1-2-16-4-3-5-17-10-12-25(22(16)17)14-20(26)24-18-6-8-19(9-7-18)30(27,28)15-21-23-11-13-29-21/h3-13H,2,14-15H2,1H3,(H,24,26). The number of carbonyl (C=O) groups excluding carboxylic acids is 1. The molecule has 2 aromatic carbocycles. The fraction of sp³-hybridized carbons (Fsp3) is 0.182. The number of nitrogens with one attached hydrogen (secondary N) is 1. The molecule has 0 unspecified atom stereocenters. The molecule has 0 atom stereocenters. The molecule has 0 bridgehead atoms. The third kappa shape index (κ3) is 4.29. The van der Waals surface area contributed by atoms with E-state index in [2.05, 4.69) is 23.3 Å². The van der Waals surface area contributed by atoms with E-state index in [-0.39, 0.29) is 23.1 Å². The number of sulfone groups is 1. The summed E-state index contributed by atoms with van der Waals surface area (Å²) in [5.41, 5.74) is 2.82. The number of benzene rings is 2. The minimum atomic E-state index is -3.47. The maximum Gasteiger partial charge on any atom is 0.244 e. The Morgan fingerprint density at radius 1 is 1.13 bits per heavy atom. The first-order valence-corrected chi connectivity index (χ1v) is 12.1. The number of anilines is 1. The number of thiazole rings is 1. The number of hydrogen-bond donors (Lipinski definition) is 1. The highest BCUT2D eigenvalue weighted by Crippen LogP contribution is 2.22. The van der Waals surface area contributed by atoms with Crippen molar-refractivity contribution >= 4 is 43.7 Å². The third-order valence-electron chi connectivity index (χ3n) is 4.86. The summed E-state index contributed by atoms with van der Waals surface area (Å²) in [6.07, 6.45) is 4.39. The van der Waals surface area contributed by atoms with Crippen LogP contribution in [0.3, 0.4) is 0 Å². The van der Waals surface area contributed by atoms with E-state index < -0.39 is 9.84 Å². The SMILES string of the molecule is CCc1cccc2ccn(CC(=O)Nc3ccc(S(=O)(=O)Cc4nccs4)cc3)c12. The molecule has 2 heterocycles. The van der Waals surface area contributed by atoms with Crippen LogP contribution in [0.4, 0.5) is 5.69 Å². The zero-order valence-electron chi connectivity index (χ0n) is 16.4. The van der Waals surface area contributed by atoms with Crippen molar-refractivity contribution in [2.75, 3.05) is 5.32 Å². The molecule has 8 heteroatoms. The van der Waals surface area contributed by atoms with Gasteiger partial charge in [-0.2, -0.15) is 0 Å². The molecule has 1 N–H and O–H groups in total. The van der Waals surface area contributed by atoms with E-state index in [4.69, 9.17) is 0 Å². The lowest BCUT2D eigenvalue weighted by atomic mass is 10.1. The topological polar surface area (TPSA) is 81.1 Å². The minimum Gasteiger partial charge on any atom is -0.338 e. The molecule has 0 saturated heterocycles. The zero-order chi connectivity index (χ0) is 21.1. The number of aryl methyl sites for hydroxylation is 1. The lowest BCUT2D eigenvalue weighted by molar-refractivity contribution is -0.116. The highest BCUT2D eigenvalue weighted by Gasteiger charge is 2.17. The van der Waals surface area contributed by atoms with Gasteiger partial charge in [0.25, 0.3) is 0 Å². The molecule has 0 spiro atoms. The molecular formula is C22H21N3O3S2. The van der Waals surface area contributed by atoms with Crippen molar-refractivity contribution in [1.29, 1.82) is 0 Å². The van der Waals surface area contributed by atoms with Gasteiger partial charge in [-0.15, -0.1) is 11.3 Å². The Kier molecular flexibility index (Phi) is 5.69. The van der Waals surface area contributed by atoms with Crippen molar-refractivity contribution in [2.24, 2.45) is 0 Å². The van der Waals surface area contributed by atoms with Gasteiger partial charge < -0.3 is 9.88 Å². The Labute approximate surface area is 179 Å². The molecule has 1 amide bonds. The van der Waals surface area contributed by atoms with Crippen molar-refractivity contribution in [1.82, 2.24) is 9.55 Å². The van der Waals surface area contributed by atoms with Gasteiger partial charge in [-0.3, -0.25) is 4.79 Å². The number of fused-ring (bicyclic) bond motifs is 1. The first-order chi connectivity index (χ1) is 14.5. The molecule has 0 radical (unpaired) electrons. The number of para-hydroxylation sites is 1. The number of hydrogen-bond acceptors (Lipinski definition) is 5. The van der Waals surface area contributed by atoms with Crippen LogP contribution in [-0.4, -0.2) is 23.9 Å². The quantitative estimate of drug-likeness (QED) is 0.466. The van der Waals surface area contributed by atoms with Gasteiger partial charge in [0, 0.05) is 23.5 Å². The van der Waals surface area contributed by atoms with Crippen molar-refractivity contribution < 1.29 is 13.2 Å². The van der Waals surface area contributed by atoms with Gasteiger partial charge in [-0.05, 0) is 47.7 Å². The molecule has 0 aliphatic heterocycles. The Morgan fingerprint density at radius 2 is 1.93 bits per heavy atom. The predicted molar refractivity (Wildman–Crippen MR) is 119 cm³/mol. The number of aromatic nitrogens is 2. The Hall–Kier alpha value is -2.97. The predicted octanol–water partition coefficient (Wildman–Crippen LogP) is 4.27. The number of rotatable bonds is 7. The molecule has 4 aromatic rings. The maximum absolute atomic E-state index is 12.6. The molecule has 6 nitrogen and oxygen atoms in total. The van der Waals surface area contributed by atoms with Crippen LogP contribution in [0.15, 0.2) is 71.2 Å². The van der Waals surface area contributed by atoms with Gasteiger partial charge >= 0.3 is 0 Å². The summed E-state index contributed by atoms with van der Waals surface area (Å²) >= 11 is 1.31. The molecular weight excluding hydrogens is 418 g/mol. The van der Waals surface area contributed by atoms with E-state index in [9.17, 15) is 13.2 Å². The second-order valence-electron chi connectivity index (χ2n) is 6.91. The van der Waals surface area contributed by atoms with Crippen LogP contribution in [-0.2, 0) is 33.4 Å². The van der Waals surface area contributed by atoms with Crippen LogP contribution < -0.4 is 5.32 Å². The van der Waals surface area contributed by atoms with Crippen LogP contribution in [0.2, 0.25) is 0 Å². The first-order valence-electron chi connectivity index (χ1n) is 9.54. The van der Waals surface area contributed by atoms with Gasteiger partial charge in [-0.1, -0.05) is 25.1 Å². The third-order valence-corrected chi connectivity index (χ3v) is 7.47. The van der Waals surface area contributed by atoms with E-state index in [1.165, 1.54) is 29.0 Å². The van der Waals surface area contributed by atoms with Crippen LogP contribution in [0.1, 0.15) is 17.5 Å².